The van der Waals surface area contributed by atoms with Crippen LogP contribution in [0.1, 0.15) is 135 Å². The Hall–Kier alpha value is -5.91. The highest BCUT2D eigenvalue weighted by atomic mass is 16.6. The number of aliphatic hydroxyl groups is 1. The molecule has 10 atom stereocenters. The SMILES string of the molecule is CC(=O)Oc1ccccc1C(=O)O.CCC(C)(C)C(=O)O[C@H]1C[C@@H](C)C=C2C=C[C@H](C)[C@H](CC[C@@H]3C[C@@H](O)CC(=O)O3)[C@H]21.NCCCC[C@H](N[C@@H](CCc1ccccc1)C(=O)O)C(=O)N1CCC[C@H]1C(=O)O. The van der Waals surface area contributed by atoms with Crippen LogP contribution in [0.4, 0.5) is 0 Å². The number of nitrogens with zero attached hydrogens (tertiary/aromatic N) is 1. The number of benzene rings is 2. The molecule has 0 radical (unpaired) electrons. The van der Waals surface area contributed by atoms with Crippen molar-refractivity contribution in [2.24, 2.45) is 34.8 Å². The molecule has 0 saturated carbocycles. The molecular weight excluding hydrogens is 927 g/mol. The van der Waals surface area contributed by atoms with Crippen LogP contribution < -0.4 is 15.8 Å². The number of esters is 3. The van der Waals surface area contributed by atoms with Crippen LogP contribution in [-0.2, 0) is 44.7 Å². The predicted octanol–water partition coefficient (Wildman–Crippen LogP) is 7.13. The average molecular weight is 1000 g/mol. The van der Waals surface area contributed by atoms with Crippen molar-refractivity contribution in [3.05, 3.63) is 89.5 Å². The van der Waals surface area contributed by atoms with Crippen molar-refractivity contribution in [3.63, 3.8) is 0 Å². The Morgan fingerprint density at radius 1 is 0.931 bits per heavy atom. The number of fused-ring (bicyclic) bond motifs is 1. The standard InChI is InChI=1S/C25H38O5.C21H31N3O5.C9H8O4/c1-6-25(4,5)24(28)30-21-12-15(2)11-17-8-7-16(3)20(23(17)21)10-9-19-13-18(26)14-22(27)29-19;22-13-5-4-9-16(19(25)24-14-6-10-18(24)21(28)29)23-17(20(26)27)12-11-15-7-2-1-3-8-15;1-6(10)13-8-5-3-2-4-7(8)9(11)12/h7-8,11,15-16,18-21,23,26H,6,9-10,12-14H2,1-5H3;1-3,7-8,16-18,23H,4-6,9-14,22H2,(H,26,27)(H,28,29);2-5H,1H3,(H,11,12)/t15-,16-,18+,19+,20-,21-,23-;16-,17-,18-;/m00./s1. The van der Waals surface area contributed by atoms with Gasteiger partial charge in [-0.3, -0.25) is 29.3 Å². The Bertz CT molecular complexity index is 2210. The van der Waals surface area contributed by atoms with Gasteiger partial charge in [-0.1, -0.05) is 87.9 Å². The van der Waals surface area contributed by atoms with Gasteiger partial charge in [-0.15, -0.1) is 0 Å². The van der Waals surface area contributed by atoms with Gasteiger partial charge in [-0.25, -0.2) is 9.59 Å². The summed E-state index contributed by atoms with van der Waals surface area (Å²) in [4.78, 5) is 83.5. The number of amides is 1. The maximum atomic E-state index is 13.1. The summed E-state index contributed by atoms with van der Waals surface area (Å²) in [5.74, 6) is -3.17. The molecule has 17 nitrogen and oxygen atoms in total. The van der Waals surface area contributed by atoms with Gasteiger partial charge in [-0.05, 0) is 126 Å². The van der Waals surface area contributed by atoms with E-state index in [4.69, 9.17) is 20.3 Å². The first-order chi connectivity index (χ1) is 34.1. The Labute approximate surface area is 423 Å². The van der Waals surface area contributed by atoms with Crippen LogP contribution in [0.25, 0.3) is 0 Å². The number of carboxylic acid groups (broad SMARTS) is 3. The van der Waals surface area contributed by atoms with Crippen LogP contribution >= 0.6 is 0 Å². The highest BCUT2D eigenvalue weighted by Gasteiger charge is 2.44. The molecule has 7 N–H and O–H groups in total. The molecule has 2 aliphatic heterocycles. The number of aromatic carboxylic acids is 1. The molecule has 2 aromatic carbocycles. The van der Waals surface area contributed by atoms with Crippen LogP contribution in [0.5, 0.6) is 5.75 Å². The predicted molar refractivity (Wildman–Crippen MR) is 269 cm³/mol. The third-order valence-electron chi connectivity index (χ3n) is 14.0. The van der Waals surface area contributed by atoms with Crippen LogP contribution in [0, 0.1) is 29.1 Å². The molecule has 4 aliphatic rings. The highest BCUT2D eigenvalue weighted by Crippen LogP contribution is 2.46. The molecule has 0 bridgehead atoms. The lowest BCUT2D eigenvalue weighted by Gasteiger charge is -2.44. The number of aryl methyl sites for hydroxylation is 1. The van der Waals surface area contributed by atoms with Gasteiger partial charge in [0.1, 0.15) is 35.6 Å². The Morgan fingerprint density at radius 2 is 1.62 bits per heavy atom. The molecule has 0 unspecified atom stereocenters. The topological polar surface area (TPSA) is 269 Å². The zero-order chi connectivity index (χ0) is 53.1. The fourth-order valence-corrected chi connectivity index (χ4v) is 9.70. The summed E-state index contributed by atoms with van der Waals surface area (Å²) in [7, 11) is 0. The van der Waals surface area contributed by atoms with Crippen molar-refractivity contribution in [3.8, 4) is 5.75 Å². The summed E-state index contributed by atoms with van der Waals surface area (Å²) in [5.41, 5.74) is 7.34. The number of unbranched alkanes of at least 4 members (excludes halogenated alkanes) is 1. The number of aliphatic hydroxyl groups excluding tert-OH is 1. The van der Waals surface area contributed by atoms with E-state index >= 15 is 0 Å². The lowest BCUT2D eigenvalue weighted by Crippen LogP contribution is -2.54. The minimum atomic E-state index is -1.11. The lowest BCUT2D eigenvalue weighted by molar-refractivity contribution is -0.166. The van der Waals surface area contributed by atoms with E-state index in [1.54, 1.807) is 12.1 Å². The van der Waals surface area contributed by atoms with Gasteiger partial charge < -0.3 is 45.3 Å². The molecule has 2 fully saturated rings. The number of carboxylic acids is 3. The fourth-order valence-electron chi connectivity index (χ4n) is 9.70. The number of allylic oxidation sites excluding steroid dienone is 3. The number of carbonyl (C=O) groups is 7. The number of ether oxygens (including phenoxy) is 3. The number of rotatable bonds is 20. The van der Waals surface area contributed by atoms with E-state index in [9.17, 15) is 48.9 Å². The summed E-state index contributed by atoms with van der Waals surface area (Å²) in [6.07, 6.45) is 13.4. The molecule has 2 heterocycles. The largest absolute Gasteiger partial charge is 0.480 e. The summed E-state index contributed by atoms with van der Waals surface area (Å²) >= 11 is 0. The zero-order valence-electron chi connectivity index (χ0n) is 42.7. The Balaban J connectivity index is 0.000000252. The number of nitrogens with two attached hydrogens (primary N) is 1. The number of para-hydroxylation sites is 1. The van der Waals surface area contributed by atoms with E-state index in [0.717, 1.165) is 37.7 Å². The molecule has 396 valence electrons. The lowest BCUT2D eigenvalue weighted by atomic mass is 9.65. The van der Waals surface area contributed by atoms with E-state index in [0.29, 0.717) is 75.8 Å². The average Bonchev–Trinajstić information content (AvgIpc) is 3.83. The molecule has 72 heavy (non-hydrogen) atoms. The van der Waals surface area contributed by atoms with Crippen LogP contribution in [0.15, 0.2) is 78.4 Å². The number of likely N-dealkylation sites (tertiary alicyclic amines) is 1. The first-order valence-corrected chi connectivity index (χ1v) is 25.4. The minimum absolute atomic E-state index is 0.0160. The monoisotopic (exact) mass is 1000 g/mol. The summed E-state index contributed by atoms with van der Waals surface area (Å²) in [5, 5.41) is 40.6. The zero-order valence-corrected chi connectivity index (χ0v) is 42.7. The highest BCUT2D eigenvalue weighted by molar-refractivity contribution is 5.92. The normalized spacial score (nSPS) is 24.3. The van der Waals surface area contributed by atoms with Gasteiger partial charge in [0.25, 0.3) is 0 Å². The fraction of sp³-hybridized carbons (Fsp3) is 0.582. The third kappa shape index (κ3) is 17.7. The number of nitrogens with one attached hydrogen (secondary N) is 1. The molecule has 2 saturated heterocycles. The van der Waals surface area contributed by atoms with E-state index in [2.05, 4.69) is 42.1 Å². The maximum Gasteiger partial charge on any atom is 0.339 e. The second-order valence-corrected chi connectivity index (χ2v) is 20.1. The number of hydrogen-bond donors (Lipinski definition) is 6. The van der Waals surface area contributed by atoms with Crippen LogP contribution in [0.2, 0.25) is 0 Å². The molecule has 0 aromatic heterocycles. The Kier molecular flexibility index (Phi) is 23.1. The van der Waals surface area contributed by atoms with Crippen molar-refractivity contribution in [2.75, 3.05) is 13.1 Å². The van der Waals surface area contributed by atoms with E-state index in [-0.39, 0.29) is 53.7 Å². The molecule has 0 spiro atoms. The second-order valence-electron chi connectivity index (χ2n) is 20.1. The van der Waals surface area contributed by atoms with Gasteiger partial charge in [0.05, 0.1) is 24.0 Å². The minimum Gasteiger partial charge on any atom is -0.480 e. The van der Waals surface area contributed by atoms with Gasteiger partial charge in [0, 0.05) is 25.8 Å². The maximum absolute atomic E-state index is 13.1. The third-order valence-corrected chi connectivity index (χ3v) is 14.0. The smallest absolute Gasteiger partial charge is 0.339 e. The summed E-state index contributed by atoms with van der Waals surface area (Å²) < 4.78 is 16.3. The summed E-state index contributed by atoms with van der Waals surface area (Å²) in [6, 6.07) is 13.1. The molecule has 2 aromatic rings. The molecule has 1 amide bonds. The van der Waals surface area contributed by atoms with Crippen LogP contribution in [0.3, 0.4) is 0 Å². The molecule has 6 rings (SSSR count). The number of cyclic esters (lactones) is 1. The van der Waals surface area contributed by atoms with Crippen molar-refractivity contribution in [1.29, 1.82) is 0 Å². The first kappa shape index (κ1) is 58.7. The number of hydrogen-bond acceptors (Lipinski definition) is 13. The van der Waals surface area contributed by atoms with Crippen molar-refractivity contribution >= 4 is 41.7 Å². The van der Waals surface area contributed by atoms with E-state index in [1.807, 2.05) is 51.1 Å². The van der Waals surface area contributed by atoms with E-state index < -0.39 is 53.5 Å². The quantitative estimate of drug-likeness (QED) is 0.0437. The van der Waals surface area contributed by atoms with Crippen LogP contribution in [-0.4, -0.2) is 117 Å². The molecule has 2 aliphatic carbocycles. The van der Waals surface area contributed by atoms with Gasteiger partial charge >= 0.3 is 35.8 Å². The van der Waals surface area contributed by atoms with Crippen molar-refractivity contribution in [2.45, 2.75) is 161 Å². The number of carbonyl (C=O) groups excluding carboxylic acids is 4. The summed E-state index contributed by atoms with van der Waals surface area (Å²) in [6.45, 7) is 12.4. The Morgan fingerprint density at radius 3 is 2.25 bits per heavy atom. The van der Waals surface area contributed by atoms with Crippen molar-refractivity contribution < 1.29 is 68.2 Å². The van der Waals surface area contributed by atoms with Gasteiger partial charge in [0.2, 0.25) is 5.91 Å². The van der Waals surface area contributed by atoms with Crippen molar-refractivity contribution in [1.82, 2.24) is 10.2 Å². The first-order valence-electron chi connectivity index (χ1n) is 25.4. The number of aliphatic carboxylic acids is 2. The van der Waals surface area contributed by atoms with E-state index in [1.165, 1.54) is 29.5 Å². The second kappa shape index (κ2) is 28.4. The molecule has 17 heteroatoms. The van der Waals surface area contributed by atoms with Gasteiger partial charge in [-0.2, -0.15) is 0 Å². The van der Waals surface area contributed by atoms with Gasteiger partial charge in [0.15, 0.2) is 0 Å². The molecular formula is C55H77N3O14.